The van der Waals surface area contributed by atoms with Crippen LogP contribution >= 0.6 is 0 Å². The molecule has 40 heavy (non-hydrogen) atoms. The second kappa shape index (κ2) is 10.9. The molecule has 2 amide bonds. The Kier molecular flexibility index (Phi) is 7.28. The van der Waals surface area contributed by atoms with E-state index in [0.717, 1.165) is 57.4 Å². The maximum Gasteiger partial charge on any atom is 0.256 e. The molecule has 1 spiro atoms. The summed E-state index contributed by atoms with van der Waals surface area (Å²) in [7, 11) is 0. The molecule has 1 saturated heterocycles. The van der Waals surface area contributed by atoms with Gasteiger partial charge in [0.15, 0.2) is 0 Å². The monoisotopic (exact) mass is 541 g/mol. The average Bonchev–Trinajstić information content (AvgIpc) is 3.10. The van der Waals surface area contributed by atoms with E-state index in [1.165, 1.54) is 11.1 Å². The van der Waals surface area contributed by atoms with Crippen molar-refractivity contribution in [1.29, 1.82) is 0 Å². The molecule has 8 nitrogen and oxygen atoms in total. The lowest BCUT2D eigenvalue weighted by molar-refractivity contribution is 0.0250. The van der Waals surface area contributed by atoms with E-state index >= 15 is 0 Å². The molecule has 2 aromatic rings. The predicted octanol–water partition coefficient (Wildman–Crippen LogP) is 3.35. The van der Waals surface area contributed by atoms with E-state index in [4.69, 9.17) is 6.57 Å². The Bertz CT molecular complexity index is 1320. The topological polar surface area (TPSA) is 80.5 Å². The number of likely N-dealkylation sites (N-methyl/N-ethyl adjacent to an activating group) is 1. The van der Waals surface area contributed by atoms with Crippen LogP contribution in [0.2, 0.25) is 0 Å². The molecule has 1 aliphatic carbocycles. The van der Waals surface area contributed by atoms with E-state index in [0.29, 0.717) is 30.8 Å². The normalized spacial score (nSPS) is 23.1. The van der Waals surface area contributed by atoms with Crippen molar-refractivity contribution in [2.24, 2.45) is 5.41 Å². The van der Waals surface area contributed by atoms with E-state index in [9.17, 15) is 14.7 Å². The Morgan fingerprint density at radius 3 is 2.55 bits per heavy atom. The molecule has 3 heterocycles. The largest absolute Gasteiger partial charge is 0.390 e. The van der Waals surface area contributed by atoms with Gasteiger partial charge in [0, 0.05) is 70.3 Å². The minimum atomic E-state index is -0.682. The second-order valence-electron chi connectivity index (χ2n) is 12.1. The number of nitrogens with zero attached hydrogens (tertiary/aromatic N) is 4. The molecule has 210 valence electrons. The smallest absolute Gasteiger partial charge is 0.256 e. The van der Waals surface area contributed by atoms with E-state index in [2.05, 4.69) is 34.1 Å². The molecule has 8 heteroatoms. The van der Waals surface area contributed by atoms with Crippen LogP contribution in [0.3, 0.4) is 0 Å². The zero-order valence-electron chi connectivity index (χ0n) is 23.3. The lowest BCUT2D eigenvalue weighted by atomic mass is 9.60. The third kappa shape index (κ3) is 4.97. The fourth-order valence-electron chi connectivity index (χ4n) is 7.15. The minimum Gasteiger partial charge on any atom is -0.390 e. The number of benzene rings is 2. The van der Waals surface area contributed by atoms with E-state index in [1.807, 2.05) is 23.1 Å². The lowest BCUT2D eigenvalue weighted by Gasteiger charge is -2.47. The summed E-state index contributed by atoms with van der Waals surface area (Å²) in [5.74, 6) is -0.0816. The zero-order valence-corrected chi connectivity index (χ0v) is 23.3. The van der Waals surface area contributed by atoms with Crippen molar-refractivity contribution in [3.8, 4) is 0 Å². The Balaban J connectivity index is 1.14. The number of likely N-dealkylation sites (tertiary alicyclic amines) is 1. The Morgan fingerprint density at radius 2 is 1.82 bits per heavy atom. The first kappa shape index (κ1) is 26.8. The van der Waals surface area contributed by atoms with Gasteiger partial charge in [0.25, 0.3) is 11.8 Å². The first-order valence-corrected chi connectivity index (χ1v) is 14.7. The van der Waals surface area contributed by atoms with Gasteiger partial charge in [-0.3, -0.25) is 9.59 Å². The standard InChI is InChI=1S/C32H39N5O3/c1-3-35-14-15-37(21-29(38)27-16-22-6-4-5-7-24(22)20-34-27)31(40)26-9-8-23(17-28(26)35)30(39)36-12-10-32(11-13-36)18-25(19-32)33-2/h4-9,17,25,27,29,34,38H,3,10-16,18-21H2,1H3/t27-,29+/m1/s1. The average molecular weight is 542 g/mol. The number of carbonyl (C=O) groups excluding carboxylic acids is 2. The van der Waals surface area contributed by atoms with Crippen molar-refractivity contribution >= 4 is 17.5 Å². The number of aliphatic hydroxyl groups excluding tert-OH is 1. The number of fused-ring (bicyclic) bond motifs is 2. The quantitative estimate of drug-likeness (QED) is 0.568. The Labute approximate surface area is 236 Å². The van der Waals surface area contributed by atoms with Gasteiger partial charge in [0.05, 0.1) is 17.4 Å². The molecular weight excluding hydrogens is 502 g/mol. The van der Waals surface area contributed by atoms with Gasteiger partial charge in [0.1, 0.15) is 0 Å². The number of aliphatic hydroxyl groups is 1. The van der Waals surface area contributed by atoms with Gasteiger partial charge in [-0.05, 0) is 60.9 Å². The summed E-state index contributed by atoms with van der Waals surface area (Å²) >= 11 is 0. The number of nitrogens with one attached hydrogen (secondary N) is 1. The Hall–Kier alpha value is -3.41. The minimum absolute atomic E-state index is 0.0161. The molecular formula is C32H39N5O3. The van der Waals surface area contributed by atoms with E-state index in [1.54, 1.807) is 17.0 Å². The Morgan fingerprint density at radius 1 is 1.10 bits per heavy atom. The summed E-state index contributed by atoms with van der Waals surface area (Å²) in [6, 6.07) is 13.8. The summed E-state index contributed by atoms with van der Waals surface area (Å²) in [6.45, 7) is 13.6. The van der Waals surface area contributed by atoms with Crippen molar-refractivity contribution in [3.63, 3.8) is 0 Å². The van der Waals surface area contributed by atoms with Crippen molar-refractivity contribution in [1.82, 2.24) is 15.1 Å². The van der Waals surface area contributed by atoms with Gasteiger partial charge in [-0.25, -0.2) is 6.57 Å². The van der Waals surface area contributed by atoms with Crippen LogP contribution < -0.4 is 10.2 Å². The van der Waals surface area contributed by atoms with Crippen LogP contribution in [0, 0.1) is 12.0 Å². The molecule has 1 saturated carbocycles. The molecule has 2 N–H and O–H groups in total. The highest BCUT2D eigenvalue weighted by Crippen LogP contribution is 2.50. The maximum absolute atomic E-state index is 13.7. The van der Waals surface area contributed by atoms with Gasteiger partial charge in [-0.15, -0.1) is 0 Å². The fourth-order valence-corrected chi connectivity index (χ4v) is 7.15. The number of piperidine rings is 1. The zero-order chi connectivity index (χ0) is 27.9. The van der Waals surface area contributed by atoms with Gasteiger partial charge in [-0.1, -0.05) is 24.3 Å². The number of hydrogen-bond donors (Lipinski definition) is 2. The van der Waals surface area contributed by atoms with Crippen LogP contribution in [0.1, 0.15) is 64.4 Å². The fraction of sp³-hybridized carbons (Fsp3) is 0.531. The number of rotatable bonds is 5. The molecule has 2 atom stereocenters. The van der Waals surface area contributed by atoms with Gasteiger partial charge in [0.2, 0.25) is 6.04 Å². The van der Waals surface area contributed by atoms with Crippen LogP contribution in [0.4, 0.5) is 5.69 Å². The number of amides is 2. The van der Waals surface area contributed by atoms with Crippen LogP contribution in [0.25, 0.3) is 4.85 Å². The molecule has 4 aliphatic rings. The number of carbonyl (C=O) groups is 2. The van der Waals surface area contributed by atoms with Crippen molar-refractivity contribution < 1.29 is 14.7 Å². The highest BCUT2D eigenvalue weighted by Gasteiger charge is 2.50. The van der Waals surface area contributed by atoms with Crippen LogP contribution in [0.5, 0.6) is 0 Å². The highest BCUT2D eigenvalue weighted by molar-refractivity contribution is 6.03. The SMILES string of the molecule is [C-]#[N+]C1CC2(CCN(C(=O)c3ccc4c(c3)N(CC)CCN(C[C@H](O)[C@H]3Cc5ccccc5CN3)C4=O)CC2)C1. The number of anilines is 1. The van der Waals surface area contributed by atoms with Crippen molar-refractivity contribution in [2.45, 2.75) is 63.8 Å². The predicted molar refractivity (Wildman–Crippen MR) is 154 cm³/mol. The molecule has 0 unspecified atom stereocenters. The third-order valence-electron chi connectivity index (χ3n) is 9.74. The van der Waals surface area contributed by atoms with Crippen molar-refractivity contribution in [3.05, 3.63) is 76.1 Å². The first-order chi connectivity index (χ1) is 19.4. The maximum atomic E-state index is 13.7. The molecule has 0 radical (unpaired) electrons. The summed E-state index contributed by atoms with van der Waals surface area (Å²) < 4.78 is 0. The highest BCUT2D eigenvalue weighted by atomic mass is 16.3. The van der Waals surface area contributed by atoms with Crippen molar-refractivity contribution in [2.75, 3.05) is 44.2 Å². The number of hydrogen-bond acceptors (Lipinski definition) is 5. The summed E-state index contributed by atoms with van der Waals surface area (Å²) in [5.41, 5.74) is 4.77. The molecule has 2 fully saturated rings. The summed E-state index contributed by atoms with van der Waals surface area (Å²) in [4.78, 5) is 36.7. The van der Waals surface area contributed by atoms with E-state index in [-0.39, 0.29) is 35.9 Å². The van der Waals surface area contributed by atoms with E-state index < -0.39 is 6.10 Å². The molecule has 6 rings (SSSR count). The van der Waals surface area contributed by atoms with Gasteiger partial charge >= 0.3 is 0 Å². The van der Waals surface area contributed by atoms with Gasteiger partial charge < -0.3 is 30.0 Å². The lowest BCUT2D eigenvalue weighted by Crippen LogP contribution is -2.50. The molecule has 0 aromatic heterocycles. The molecule has 3 aliphatic heterocycles. The number of β-amino-alcohol motifs (C(OH)–C–C–N with tert-alkyl or cyclic N) is 1. The van der Waals surface area contributed by atoms with Crippen LogP contribution in [0.15, 0.2) is 42.5 Å². The molecule has 0 bridgehead atoms. The second-order valence-corrected chi connectivity index (χ2v) is 12.1. The summed E-state index contributed by atoms with van der Waals surface area (Å²) in [5, 5.41) is 14.6. The third-order valence-corrected chi connectivity index (χ3v) is 9.74. The van der Waals surface area contributed by atoms with Gasteiger partial charge in [-0.2, -0.15) is 0 Å². The summed E-state index contributed by atoms with van der Waals surface area (Å²) in [6.07, 6.45) is 3.93. The molecule has 2 aromatic carbocycles. The first-order valence-electron chi connectivity index (χ1n) is 14.7. The van der Waals surface area contributed by atoms with Crippen LogP contribution in [-0.4, -0.2) is 84.2 Å². The van der Waals surface area contributed by atoms with Crippen LogP contribution in [-0.2, 0) is 13.0 Å².